The van der Waals surface area contributed by atoms with Crippen LogP contribution in [0.4, 0.5) is 0 Å². The van der Waals surface area contributed by atoms with Crippen LogP contribution in [0.15, 0.2) is 42.5 Å². The van der Waals surface area contributed by atoms with Crippen molar-refractivity contribution in [2.75, 3.05) is 0 Å². The molecule has 2 nitrogen and oxygen atoms in total. The second kappa shape index (κ2) is 5.83. The van der Waals surface area contributed by atoms with Crippen LogP contribution in [0.3, 0.4) is 0 Å². The Bertz CT molecular complexity index is 654. The molecule has 0 radical (unpaired) electrons. The highest BCUT2D eigenvalue weighted by Gasteiger charge is 2.36. The first-order valence-corrected chi connectivity index (χ1v) is 7.55. The summed E-state index contributed by atoms with van der Waals surface area (Å²) in [5.74, 6) is 0. The van der Waals surface area contributed by atoms with Gasteiger partial charge in [-0.1, -0.05) is 52.0 Å². The summed E-state index contributed by atoms with van der Waals surface area (Å²) in [6.07, 6.45) is 0. The van der Waals surface area contributed by atoms with E-state index in [1.807, 2.05) is 0 Å². The van der Waals surface area contributed by atoms with Crippen molar-refractivity contribution in [3.05, 3.63) is 63.6 Å². The standard InChI is InChI=1S/C14H10Cl2O2P/c1-9-7-8-11(15)12(13(9)16)14(17)19(18)10-5-3-2-4-6-10/h2-8H,1H3/q+1. The minimum Gasteiger partial charge on any atom is -0.234 e. The summed E-state index contributed by atoms with van der Waals surface area (Å²) in [4.78, 5) is 12.3. The number of hydrogen-bond donors (Lipinski definition) is 0. The van der Waals surface area contributed by atoms with Crippen molar-refractivity contribution in [3.8, 4) is 0 Å². The molecule has 0 N–H and O–H groups in total. The van der Waals surface area contributed by atoms with Gasteiger partial charge in [0.05, 0.1) is 10.0 Å². The van der Waals surface area contributed by atoms with Crippen LogP contribution in [0.1, 0.15) is 15.9 Å². The maximum Gasteiger partial charge on any atom is 0.458 e. The van der Waals surface area contributed by atoms with Crippen LogP contribution >= 0.6 is 31.0 Å². The number of aryl methyl sites for hydroxylation is 1. The molecule has 0 aliphatic carbocycles. The normalized spacial score (nSPS) is 11.2. The van der Waals surface area contributed by atoms with Gasteiger partial charge in [-0.2, -0.15) is 0 Å². The van der Waals surface area contributed by atoms with E-state index in [1.54, 1.807) is 49.4 Å². The highest BCUT2D eigenvalue weighted by atomic mass is 35.5. The average Bonchev–Trinajstić information content (AvgIpc) is 2.43. The lowest BCUT2D eigenvalue weighted by Gasteiger charge is -2.03. The predicted molar refractivity (Wildman–Crippen MR) is 79.2 cm³/mol. The van der Waals surface area contributed by atoms with Crippen molar-refractivity contribution in [3.63, 3.8) is 0 Å². The molecular formula is C14H10Cl2O2P+. The van der Waals surface area contributed by atoms with Crippen molar-refractivity contribution in [1.82, 2.24) is 0 Å². The summed E-state index contributed by atoms with van der Waals surface area (Å²) in [5.41, 5.74) is 0.319. The van der Waals surface area contributed by atoms with Crippen LogP contribution in [-0.4, -0.2) is 5.52 Å². The number of benzene rings is 2. The summed E-state index contributed by atoms with van der Waals surface area (Å²) in [5, 5.41) is 0.952. The molecule has 2 aromatic carbocycles. The molecular weight excluding hydrogens is 302 g/mol. The Labute approximate surface area is 122 Å². The zero-order valence-corrected chi connectivity index (χ0v) is 12.5. The zero-order chi connectivity index (χ0) is 14.0. The minimum atomic E-state index is -2.22. The van der Waals surface area contributed by atoms with Gasteiger partial charge < -0.3 is 0 Å². The molecule has 19 heavy (non-hydrogen) atoms. The van der Waals surface area contributed by atoms with Crippen LogP contribution in [0.5, 0.6) is 0 Å². The summed E-state index contributed by atoms with van der Waals surface area (Å²) < 4.78 is 12.2. The number of carbonyl (C=O) groups is 1. The number of hydrogen-bond acceptors (Lipinski definition) is 2. The fourth-order valence-corrected chi connectivity index (χ4v) is 3.42. The van der Waals surface area contributed by atoms with Gasteiger partial charge in [-0.15, -0.1) is 0 Å². The maximum atomic E-state index is 12.3. The third kappa shape index (κ3) is 2.87. The van der Waals surface area contributed by atoms with E-state index in [-0.39, 0.29) is 15.6 Å². The molecule has 0 amide bonds. The second-order valence-corrected chi connectivity index (χ2v) is 6.28. The minimum absolute atomic E-state index is 0.133. The van der Waals surface area contributed by atoms with E-state index in [2.05, 4.69) is 0 Å². The zero-order valence-electron chi connectivity index (χ0n) is 10.1. The Morgan fingerprint density at radius 2 is 1.68 bits per heavy atom. The van der Waals surface area contributed by atoms with Gasteiger partial charge in [0.25, 0.3) is 0 Å². The van der Waals surface area contributed by atoms with Crippen molar-refractivity contribution >= 4 is 41.8 Å². The molecule has 5 heteroatoms. The molecule has 0 heterocycles. The third-order valence-corrected chi connectivity index (χ3v) is 4.83. The van der Waals surface area contributed by atoms with Gasteiger partial charge in [0.2, 0.25) is 0 Å². The van der Waals surface area contributed by atoms with Gasteiger partial charge in [-0.05, 0) is 30.7 Å². The Hall–Kier alpha value is -1.21. The SMILES string of the molecule is Cc1ccc(Cl)c(C(=O)[P+](=O)c2ccccc2)c1Cl. The lowest BCUT2D eigenvalue weighted by molar-refractivity contribution is 0.108. The van der Waals surface area contributed by atoms with Gasteiger partial charge in [0.1, 0.15) is 5.56 Å². The van der Waals surface area contributed by atoms with Crippen molar-refractivity contribution in [2.24, 2.45) is 0 Å². The molecule has 0 saturated carbocycles. The maximum absolute atomic E-state index is 12.3. The first-order chi connectivity index (χ1) is 9.02. The molecule has 96 valence electrons. The fourth-order valence-electron chi connectivity index (χ4n) is 1.63. The van der Waals surface area contributed by atoms with Gasteiger partial charge in [-0.3, -0.25) is 0 Å². The molecule has 2 aromatic rings. The van der Waals surface area contributed by atoms with Crippen molar-refractivity contribution in [1.29, 1.82) is 0 Å². The number of carbonyl (C=O) groups excluding carboxylic acids is 1. The predicted octanol–water partition coefficient (Wildman–Crippen LogP) is 4.59. The number of halogens is 2. The van der Waals surface area contributed by atoms with Crippen molar-refractivity contribution < 1.29 is 9.36 Å². The molecule has 1 atom stereocenters. The lowest BCUT2D eigenvalue weighted by Crippen LogP contribution is -2.05. The first-order valence-electron chi connectivity index (χ1n) is 5.53. The van der Waals surface area contributed by atoms with Crippen LogP contribution in [0.25, 0.3) is 0 Å². The molecule has 0 aliphatic heterocycles. The Balaban J connectivity index is 2.46. The van der Waals surface area contributed by atoms with E-state index >= 15 is 0 Å². The summed E-state index contributed by atoms with van der Waals surface area (Å²) in [7, 11) is -2.22. The topological polar surface area (TPSA) is 34.1 Å². The van der Waals surface area contributed by atoms with Crippen LogP contribution in [0.2, 0.25) is 10.0 Å². The third-order valence-electron chi connectivity index (χ3n) is 2.67. The van der Waals surface area contributed by atoms with Gasteiger partial charge in [-0.25, -0.2) is 4.79 Å². The van der Waals surface area contributed by atoms with E-state index in [0.29, 0.717) is 5.30 Å². The Morgan fingerprint density at radius 3 is 2.32 bits per heavy atom. The molecule has 1 unspecified atom stereocenters. The largest absolute Gasteiger partial charge is 0.458 e. The monoisotopic (exact) mass is 311 g/mol. The first kappa shape index (κ1) is 14.2. The van der Waals surface area contributed by atoms with Gasteiger partial charge in [0.15, 0.2) is 5.30 Å². The highest BCUT2D eigenvalue weighted by molar-refractivity contribution is 7.71. The second-order valence-electron chi connectivity index (χ2n) is 3.99. The molecule has 0 spiro atoms. The quantitative estimate of drug-likeness (QED) is 0.777. The van der Waals surface area contributed by atoms with E-state index in [0.717, 1.165) is 5.56 Å². The Morgan fingerprint density at radius 1 is 1.05 bits per heavy atom. The van der Waals surface area contributed by atoms with Crippen LogP contribution < -0.4 is 5.30 Å². The van der Waals surface area contributed by atoms with E-state index in [9.17, 15) is 9.36 Å². The smallest absolute Gasteiger partial charge is 0.234 e. The number of rotatable bonds is 3. The summed E-state index contributed by atoms with van der Waals surface area (Å²) in [6.45, 7) is 1.77. The molecule has 0 fully saturated rings. The van der Waals surface area contributed by atoms with Crippen molar-refractivity contribution in [2.45, 2.75) is 6.92 Å². The van der Waals surface area contributed by atoms with Crippen LogP contribution in [0, 0.1) is 6.92 Å². The summed E-state index contributed by atoms with van der Waals surface area (Å²) >= 11 is 12.1. The fraction of sp³-hybridized carbons (Fsp3) is 0.0714. The average molecular weight is 312 g/mol. The molecule has 0 aromatic heterocycles. The van der Waals surface area contributed by atoms with Gasteiger partial charge >= 0.3 is 13.3 Å². The van der Waals surface area contributed by atoms with Crippen LogP contribution in [-0.2, 0) is 4.57 Å². The highest BCUT2D eigenvalue weighted by Crippen LogP contribution is 2.35. The van der Waals surface area contributed by atoms with E-state index in [1.165, 1.54) is 0 Å². The molecule has 2 rings (SSSR count). The molecule has 0 bridgehead atoms. The van der Waals surface area contributed by atoms with E-state index in [4.69, 9.17) is 23.2 Å². The summed E-state index contributed by atoms with van der Waals surface area (Å²) in [6, 6.07) is 11.9. The Kier molecular flexibility index (Phi) is 4.36. The molecule has 0 aliphatic rings. The lowest BCUT2D eigenvalue weighted by atomic mass is 10.1. The van der Waals surface area contributed by atoms with E-state index < -0.39 is 13.3 Å². The molecule has 0 saturated heterocycles. The van der Waals surface area contributed by atoms with Gasteiger partial charge in [0, 0.05) is 0 Å².